The summed E-state index contributed by atoms with van der Waals surface area (Å²) in [5, 5.41) is 4.23. The summed E-state index contributed by atoms with van der Waals surface area (Å²) >= 11 is 11.9. The lowest BCUT2D eigenvalue weighted by Crippen LogP contribution is -2.23. The lowest BCUT2D eigenvalue weighted by atomic mass is 10.3. The molecule has 0 aliphatic heterocycles. The van der Waals surface area contributed by atoms with Crippen molar-refractivity contribution in [3.8, 4) is 0 Å². The van der Waals surface area contributed by atoms with Gasteiger partial charge in [0.25, 0.3) is 0 Å². The predicted octanol–water partition coefficient (Wildman–Crippen LogP) is 4.37. The maximum absolute atomic E-state index is 5.99. The van der Waals surface area contributed by atoms with Gasteiger partial charge in [-0.05, 0) is 32.0 Å². The Morgan fingerprint density at radius 1 is 1.05 bits per heavy atom. The third-order valence-corrected chi connectivity index (χ3v) is 3.67. The largest absolute Gasteiger partial charge is 0.357 e. The summed E-state index contributed by atoms with van der Waals surface area (Å²) in [5.41, 5.74) is 0.837. The summed E-state index contributed by atoms with van der Waals surface area (Å²) in [7, 11) is 0. The molecule has 0 radical (unpaired) electrons. The number of rotatable bonds is 5. The first-order chi connectivity index (χ1) is 9.63. The quantitative estimate of drug-likeness (QED) is 0.890. The van der Waals surface area contributed by atoms with Crippen LogP contribution >= 0.6 is 23.2 Å². The fourth-order valence-electron chi connectivity index (χ4n) is 1.86. The van der Waals surface area contributed by atoms with Crippen LogP contribution in [0.15, 0.2) is 30.6 Å². The predicted molar refractivity (Wildman–Crippen MR) is 85.3 cm³/mol. The molecule has 0 fully saturated rings. The molecule has 1 aromatic carbocycles. The second kappa shape index (κ2) is 6.77. The molecule has 1 heterocycles. The van der Waals surface area contributed by atoms with Crippen LogP contribution in [0.1, 0.15) is 13.8 Å². The van der Waals surface area contributed by atoms with E-state index in [0.29, 0.717) is 10.0 Å². The van der Waals surface area contributed by atoms with Crippen molar-refractivity contribution in [3.63, 3.8) is 0 Å². The van der Waals surface area contributed by atoms with Gasteiger partial charge >= 0.3 is 0 Å². The van der Waals surface area contributed by atoms with Crippen LogP contribution in [0.4, 0.5) is 17.3 Å². The second-order valence-electron chi connectivity index (χ2n) is 4.19. The first-order valence-corrected chi connectivity index (χ1v) is 7.18. The molecule has 0 amide bonds. The van der Waals surface area contributed by atoms with E-state index in [2.05, 4.69) is 34.0 Å². The van der Waals surface area contributed by atoms with E-state index >= 15 is 0 Å². The summed E-state index contributed by atoms with van der Waals surface area (Å²) < 4.78 is 0. The summed E-state index contributed by atoms with van der Waals surface area (Å²) in [6.45, 7) is 5.99. The van der Waals surface area contributed by atoms with Crippen LogP contribution in [-0.4, -0.2) is 23.1 Å². The lowest BCUT2D eigenvalue weighted by Gasteiger charge is -2.19. The van der Waals surface area contributed by atoms with Crippen LogP contribution in [0.3, 0.4) is 0 Å². The molecule has 2 rings (SSSR count). The molecule has 6 heteroatoms. The number of hydrogen-bond donors (Lipinski definition) is 1. The topological polar surface area (TPSA) is 41.0 Å². The SMILES string of the molecule is CCN(CC)c1cc(Nc2ccc(Cl)c(Cl)c2)ncn1. The van der Waals surface area contributed by atoms with Crippen LogP contribution in [0.25, 0.3) is 0 Å². The summed E-state index contributed by atoms with van der Waals surface area (Å²) in [6, 6.07) is 7.28. The van der Waals surface area contributed by atoms with E-state index in [0.717, 1.165) is 30.4 Å². The molecule has 0 saturated carbocycles. The summed E-state index contributed by atoms with van der Waals surface area (Å²) in [4.78, 5) is 10.6. The van der Waals surface area contributed by atoms with E-state index < -0.39 is 0 Å². The number of aromatic nitrogens is 2. The Hall–Kier alpha value is -1.52. The molecule has 0 unspecified atom stereocenters. The Labute approximate surface area is 128 Å². The van der Waals surface area contributed by atoms with Crippen molar-refractivity contribution in [1.82, 2.24) is 9.97 Å². The smallest absolute Gasteiger partial charge is 0.135 e. The molecule has 0 atom stereocenters. The highest BCUT2D eigenvalue weighted by atomic mass is 35.5. The first kappa shape index (κ1) is 14.9. The minimum Gasteiger partial charge on any atom is -0.357 e. The number of anilines is 3. The Morgan fingerprint density at radius 2 is 1.80 bits per heavy atom. The van der Waals surface area contributed by atoms with Crippen molar-refractivity contribution >= 4 is 40.5 Å². The third-order valence-electron chi connectivity index (χ3n) is 2.93. The van der Waals surface area contributed by atoms with Crippen LogP contribution in [0, 0.1) is 0 Å². The molecule has 1 N–H and O–H groups in total. The standard InChI is InChI=1S/C14H16Cl2N4/c1-3-20(4-2)14-8-13(17-9-18-14)19-10-5-6-11(15)12(16)7-10/h5-9H,3-4H2,1-2H3,(H,17,18,19). The van der Waals surface area contributed by atoms with Gasteiger partial charge in [-0.2, -0.15) is 0 Å². The highest BCUT2D eigenvalue weighted by molar-refractivity contribution is 6.42. The number of benzene rings is 1. The number of hydrogen-bond acceptors (Lipinski definition) is 4. The van der Waals surface area contributed by atoms with Gasteiger partial charge in [-0.15, -0.1) is 0 Å². The van der Waals surface area contributed by atoms with Crippen LogP contribution in [0.5, 0.6) is 0 Å². The second-order valence-corrected chi connectivity index (χ2v) is 5.00. The maximum atomic E-state index is 5.99. The number of nitrogens with one attached hydrogen (secondary N) is 1. The molecular formula is C14H16Cl2N4. The van der Waals surface area contributed by atoms with E-state index in [9.17, 15) is 0 Å². The van der Waals surface area contributed by atoms with Crippen molar-refractivity contribution in [1.29, 1.82) is 0 Å². The van der Waals surface area contributed by atoms with Crippen LogP contribution in [0.2, 0.25) is 10.0 Å². The van der Waals surface area contributed by atoms with Crippen molar-refractivity contribution in [2.75, 3.05) is 23.3 Å². The lowest BCUT2D eigenvalue weighted by molar-refractivity contribution is 0.842. The minimum atomic E-state index is 0.509. The molecule has 106 valence electrons. The molecule has 0 aliphatic rings. The van der Waals surface area contributed by atoms with Crippen molar-refractivity contribution in [2.24, 2.45) is 0 Å². The van der Waals surface area contributed by atoms with Gasteiger partial charge in [-0.1, -0.05) is 23.2 Å². The average molecular weight is 311 g/mol. The average Bonchev–Trinajstić information content (AvgIpc) is 2.45. The van der Waals surface area contributed by atoms with Gasteiger partial charge in [0.2, 0.25) is 0 Å². The molecule has 4 nitrogen and oxygen atoms in total. The highest BCUT2D eigenvalue weighted by Crippen LogP contribution is 2.27. The Balaban J connectivity index is 2.21. The van der Waals surface area contributed by atoms with Crippen molar-refractivity contribution in [3.05, 3.63) is 40.6 Å². The first-order valence-electron chi connectivity index (χ1n) is 6.43. The Kier molecular flexibility index (Phi) is 5.04. The molecule has 0 spiro atoms. The van der Waals surface area contributed by atoms with E-state index in [4.69, 9.17) is 23.2 Å². The van der Waals surface area contributed by atoms with Gasteiger partial charge in [0, 0.05) is 24.8 Å². The summed E-state index contributed by atoms with van der Waals surface area (Å²) in [6.07, 6.45) is 1.55. The monoisotopic (exact) mass is 310 g/mol. The normalized spacial score (nSPS) is 10.4. The zero-order valence-corrected chi connectivity index (χ0v) is 12.9. The molecule has 20 heavy (non-hydrogen) atoms. The van der Waals surface area contributed by atoms with Gasteiger partial charge < -0.3 is 10.2 Å². The van der Waals surface area contributed by atoms with Crippen molar-refractivity contribution in [2.45, 2.75) is 13.8 Å². The fraction of sp³-hybridized carbons (Fsp3) is 0.286. The van der Waals surface area contributed by atoms with Crippen LogP contribution < -0.4 is 10.2 Å². The van der Waals surface area contributed by atoms with Gasteiger partial charge in [0.1, 0.15) is 18.0 Å². The van der Waals surface area contributed by atoms with E-state index in [1.807, 2.05) is 12.1 Å². The van der Waals surface area contributed by atoms with Gasteiger partial charge in [-0.3, -0.25) is 0 Å². The zero-order chi connectivity index (χ0) is 14.5. The van der Waals surface area contributed by atoms with Gasteiger partial charge in [0.05, 0.1) is 10.0 Å². The molecule has 0 saturated heterocycles. The Bertz CT molecular complexity index is 585. The molecule has 0 aliphatic carbocycles. The maximum Gasteiger partial charge on any atom is 0.135 e. The van der Waals surface area contributed by atoms with Crippen LogP contribution in [-0.2, 0) is 0 Å². The number of halogens is 2. The third kappa shape index (κ3) is 3.52. The Morgan fingerprint density at radius 3 is 2.45 bits per heavy atom. The van der Waals surface area contributed by atoms with Crippen molar-refractivity contribution < 1.29 is 0 Å². The molecular weight excluding hydrogens is 295 g/mol. The number of nitrogens with zero attached hydrogens (tertiary/aromatic N) is 3. The zero-order valence-electron chi connectivity index (χ0n) is 11.4. The van der Waals surface area contributed by atoms with Gasteiger partial charge in [-0.25, -0.2) is 9.97 Å². The van der Waals surface area contributed by atoms with Gasteiger partial charge in [0.15, 0.2) is 0 Å². The summed E-state index contributed by atoms with van der Waals surface area (Å²) in [5.74, 6) is 1.62. The highest BCUT2D eigenvalue weighted by Gasteiger charge is 2.06. The van der Waals surface area contributed by atoms with E-state index in [1.54, 1.807) is 18.5 Å². The fourth-order valence-corrected chi connectivity index (χ4v) is 2.16. The molecule has 2 aromatic rings. The minimum absolute atomic E-state index is 0.509. The van der Waals surface area contributed by atoms with E-state index in [-0.39, 0.29) is 0 Å². The molecule has 1 aromatic heterocycles. The molecule has 0 bridgehead atoms. The van der Waals surface area contributed by atoms with E-state index in [1.165, 1.54) is 0 Å².